The summed E-state index contributed by atoms with van der Waals surface area (Å²) in [6.07, 6.45) is 5.34. The van der Waals surface area contributed by atoms with E-state index in [0.717, 1.165) is 20.5 Å². The SMILES string of the molecule is O=C(O)CN1C/C(=C/c2ccc(/C=C/C(=O)c3cccc(Br)c3)cc2)SC1=S. The summed E-state index contributed by atoms with van der Waals surface area (Å²) >= 11 is 10.0. The highest BCUT2D eigenvalue weighted by molar-refractivity contribution is 9.10. The van der Waals surface area contributed by atoms with E-state index < -0.39 is 5.97 Å². The molecule has 3 rings (SSSR count). The van der Waals surface area contributed by atoms with Crippen LogP contribution in [0.4, 0.5) is 0 Å². The highest BCUT2D eigenvalue weighted by Crippen LogP contribution is 2.31. The Morgan fingerprint density at radius 2 is 1.89 bits per heavy atom. The van der Waals surface area contributed by atoms with E-state index in [1.807, 2.05) is 42.5 Å². The Morgan fingerprint density at radius 1 is 1.18 bits per heavy atom. The third-order valence-electron chi connectivity index (χ3n) is 3.95. The minimum Gasteiger partial charge on any atom is -0.480 e. The van der Waals surface area contributed by atoms with E-state index in [0.29, 0.717) is 16.4 Å². The first-order chi connectivity index (χ1) is 13.4. The van der Waals surface area contributed by atoms with Crippen molar-refractivity contribution >= 4 is 68.1 Å². The minimum absolute atomic E-state index is 0.0538. The molecule has 28 heavy (non-hydrogen) atoms. The van der Waals surface area contributed by atoms with Crippen LogP contribution in [-0.4, -0.2) is 39.2 Å². The van der Waals surface area contributed by atoms with Crippen LogP contribution in [-0.2, 0) is 4.79 Å². The molecule has 2 aromatic rings. The van der Waals surface area contributed by atoms with E-state index in [9.17, 15) is 9.59 Å². The molecule has 0 aromatic heterocycles. The van der Waals surface area contributed by atoms with Crippen molar-refractivity contribution in [2.24, 2.45) is 0 Å². The first kappa shape index (κ1) is 20.5. The molecule has 0 spiro atoms. The number of carbonyl (C=O) groups is 2. The van der Waals surface area contributed by atoms with Gasteiger partial charge in [-0.3, -0.25) is 9.59 Å². The number of hydrogen-bond donors (Lipinski definition) is 1. The second-order valence-electron chi connectivity index (χ2n) is 6.10. The number of carboxylic acids is 1. The van der Waals surface area contributed by atoms with Gasteiger partial charge in [-0.05, 0) is 35.4 Å². The van der Waals surface area contributed by atoms with Gasteiger partial charge in [0, 0.05) is 14.9 Å². The summed E-state index contributed by atoms with van der Waals surface area (Å²) in [5.41, 5.74) is 2.55. The summed E-state index contributed by atoms with van der Waals surface area (Å²) in [5.74, 6) is -0.945. The molecule has 7 heteroatoms. The fourth-order valence-electron chi connectivity index (χ4n) is 2.62. The van der Waals surface area contributed by atoms with Gasteiger partial charge in [0.25, 0.3) is 0 Å². The summed E-state index contributed by atoms with van der Waals surface area (Å²) in [6, 6.07) is 15.1. The highest BCUT2D eigenvalue weighted by atomic mass is 79.9. The zero-order chi connectivity index (χ0) is 20.1. The van der Waals surface area contributed by atoms with Crippen LogP contribution in [0.5, 0.6) is 0 Å². The number of halogens is 1. The smallest absolute Gasteiger partial charge is 0.323 e. The van der Waals surface area contributed by atoms with Crippen molar-refractivity contribution in [3.63, 3.8) is 0 Å². The Balaban J connectivity index is 1.64. The lowest BCUT2D eigenvalue weighted by molar-refractivity contribution is -0.137. The molecule has 1 aliphatic heterocycles. The first-order valence-corrected chi connectivity index (χ1v) is 10.4. The number of benzene rings is 2. The molecule has 1 aliphatic rings. The van der Waals surface area contributed by atoms with E-state index in [2.05, 4.69) is 15.9 Å². The lowest BCUT2D eigenvalue weighted by Crippen LogP contribution is -2.29. The van der Waals surface area contributed by atoms with E-state index in [1.165, 1.54) is 11.8 Å². The number of hydrogen-bond acceptors (Lipinski definition) is 4. The van der Waals surface area contributed by atoms with E-state index in [1.54, 1.807) is 29.2 Å². The van der Waals surface area contributed by atoms with Crippen LogP contribution in [0.25, 0.3) is 12.2 Å². The zero-order valence-electron chi connectivity index (χ0n) is 14.7. The Bertz CT molecular complexity index is 983. The fraction of sp³-hybridized carbons (Fsp3) is 0.0952. The molecule has 0 aliphatic carbocycles. The van der Waals surface area contributed by atoms with Crippen molar-refractivity contribution in [1.82, 2.24) is 4.90 Å². The second kappa shape index (κ2) is 9.32. The molecule has 1 fully saturated rings. The maximum Gasteiger partial charge on any atom is 0.323 e. The van der Waals surface area contributed by atoms with Crippen LogP contribution < -0.4 is 0 Å². The van der Waals surface area contributed by atoms with Gasteiger partial charge in [-0.2, -0.15) is 0 Å². The van der Waals surface area contributed by atoms with Crippen molar-refractivity contribution in [2.75, 3.05) is 13.1 Å². The first-order valence-electron chi connectivity index (χ1n) is 8.38. The molecule has 142 valence electrons. The number of ketones is 1. The summed E-state index contributed by atoms with van der Waals surface area (Å²) in [5, 5.41) is 8.91. The van der Waals surface area contributed by atoms with Gasteiger partial charge in [-0.15, -0.1) is 0 Å². The maximum atomic E-state index is 12.2. The summed E-state index contributed by atoms with van der Waals surface area (Å²) in [4.78, 5) is 25.8. The van der Waals surface area contributed by atoms with Crippen LogP contribution in [0.3, 0.4) is 0 Å². The molecule has 2 aromatic carbocycles. The predicted molar refractivity (Wildman–Crippen MR) is 121 cm³/mol. The highest BCUT2D eigenvalue weighted by Gasteiger charge is 2.23. The van der Waals surface area contributed by atoms with Crippen molar-refractivity contribution in [3.8, 4) is 0 Å². The average Bonchev–Trinajstić information content (AvgIpc) is 2.99. The number of carbonyl (C=O) groups excluding carboxylic acids is 1. The number of rotatable bonds is 6. The van der Waals surface area contributed by atoms with Gasteiger partial charge >= 0.3 is 5.97 Å². The molecule has 0 radical (unpaired) electrons. The Morgan fingerprint density at radius 3 is 2.57 bits per heavy atom. The monoisotopic (exact) mass is 473 g/mol. The van der Waals surface area contributed by atoms with Crippen molar-refractivity contribution in [3.05, 3.63) is 80.7 Å². The molecule has 0 bridgehead atoms. The third-order valence-corrected chi connectivity index (χ3v) is 5.89. The van der Waals surface area contributed by atoms with E-state index >= 15 is 0 Å². The molecule has 1 saturated heterocycles. The minimum atomic E-state index is -0.891. The molecule has 0 saturated carbocycles. The maximum absolute atomic E-state index is 12.2. The van der Waals surface area contributed by atoms with Gasteiger partial charge in [0.1, 0.15) is 10.9 Å². The van der Waals surface area contributed by atoms with Crippen LogP contribution in [0.2, 0.25) is 0 Å². The normalized spacial score (nSPS) is 15.5. The topological polar surface area (TPSA) is 57.6 Å². The second-order valence-corrected chi connectivity index (χ2v) is 8.78. The van der Waals surface area contributed by atoms with Crippen molar-refractivity contribution in [1.29, 1.82) is 0 Å². The van der Waals surface area contributed by atoms with E-state index in [4.69, 9.17) is 17.3 Å². The van der Waals surface area contributed by atoms with Crippen molar-refractivity contribution in [2.45, 2.75) is 0 Å². The third kappa shape index (κ3) is 5.64. The largest absolute Gasteiger partial charge is 0.480 e. The lowest BCUT2D eigenvalue weighted by Gasteiger charge is -2.12. The van der Waals surface area contributed by atoms with Crippen molar-refractivity contribution < 1.29 is 14.7 Å². The molecule has 0 atom stereocenters. The lowest BCUT2D eigenvalue weighted by atomic mass is 10.1. The quantitative estimate of drug-likeness (QED) is 0.357. The zero-order valence-corrected chi connectivity index (χ0v) is 17.9. The number of carboxylic acid groups (broad SMARTS) is 1. The Kier molecular flexibility index (Phi) is 6.83. The number of thioether (sulfide) groups is 1. The number of thiocarbonyl (C=S) groups is 1. The van der Waals surface area contributed by atoms with Crippen LogP contribution in [0, 0.1) is 0 Å². The Hall–Kier alpha value is -2.22. The molecule has 0 unspecified atom stereocenters. The Labute approximate surface area is 181 Å². The summed E-state index contributed by atoms with van der Waals surface area (Å²) in [7, 11) is 0. The standard InChI is InChI=1S/C21H16BrNO3S2/c22-17-3-1-2-16(11-17)19(24)9-8-14-4-6-15(7-5-14)10-18-12-23(13-20(25)26)21(27)28-18/h1-11H,12-13H2,(H,25,26)/b9-8+,18-10-. The van der Waals surface area contributed by atoms with Gasteiger partial charge in [0.2, 0.25) is 0 Å². The van der Waals surface area contributed by atoms with Gasteiger partial charge in [0.05, 0.1) is 6.54 Å². The number of aliphatic carboxylic acids is 1. The molecular formula is C21H16BrNO3S2. The van der Waals surface area contributed by atoms with E-state index in [-0.39, 0.29) is 12.3 Å². The van der Waals surface area contributed by atoms with Gasteiger partial charge in [0.15, 0.2) is 5.78 Å². The van der Waals surface area contributed by atoms with Crippen LogP contribution in [0.1, 0.15) is 21.5 Å². The predicted octanol–water partition coefficient (Wildman–Crippen LogP) is 5.10. The number of nitrogens with zero attached hydrogens (tertiary/aromatic N) is 1. The van der Waals surface area contributed by atoms with Gasteiger partial charge in [-0.25, -0.2) is 0 Å². The molecule has 0 amide bonds. The molecular weight excluding hydrogens is 458 g/mol. The average molecular weight is 474 g/mol. The number of allylic oxidation sites excluding steroid dienone is 1. The summed E-state index contributed by atoms with van der Waals surface area (Å²) in [6.45, 7) is 0.428. The molecule has 1 N–H and O–H groups in total. The van der Waals surface area contributed by atoms with Crippen LogP contribution in [0.15, 0.2) is 64.0 Å². The fourth-order valence-corrected chi connectivity index (χ4v) is 4.37. The summed E-state index contributed by atoms with van der Waals surface area (Å²) < 4.78 is 1.45. The van der Waals surface area contributed by atoms with Crippen LogP contribution >= 0.6 is 39.9 Å². The molecule has 1 heterocycles. The van der Waals surface area contributed by atoms with Gasteiger partial charge < -0.3 is 10.0 Å². The van der Waals surface area contributed by atoms with Gasteiger partial charge in [-0.1, -0.05) is 82.4 Å². The molecule has 4 nitrogen and oxygen atoms in total.